The first kappa shape index (κ1) is 13.6. The van der Waals surface area contributed by atoms with Gasteiger partial charge in [-0.05, 0) is 30.9 Å². The predicted molar refractivity (Wildman–Crippen MR) is 67.9 cm³/mol. The molecule has 2 rings (SSSR count). The van der Waals surface area contributed by atoms with Crippen molar-refractivity contribution < 1.29 is 13.2 Å². The molecular weight excluding hydrogens is 309 g/mol. The second-order valence-electron chi connectivity index (χ2n) is 4.69. The zero-order valence-corrected chi connectivity index (χ0v) is 11.5. The van der Waals surface area contributed by atoms with Gasteiger partial charge in [0.2, 0.25) is 0 Å². The lowest BCUT2D eigenvalue weighted by Gasteiger charge is -2.35. The predicted octanol–water partition coefficient (Wildman–Crippen LogP) is 3.71. The fraction of sp³-hybridized carbons (Fsp3) is 0.583. The minimum absolute atomic E-state index is 0.0167. The second-order valence-corrected chi connectivity index (χ2v) is 5.98. The molecule has 100 valence electrons. The Morgan fingerprint density at radius 1 is 1.44 bits per heavy atom. The maximum absolute atomic E-state index is 12.8. The first-order valence-electron chi connectivity index (χ1n) is 5.75. The highest BCUT2D eigenvalue weighted by Gasteiger charge is 2.36. The minimum atomic E-state index is -4.35. The van der Waals surface area contributed by atoms with Gasteiger partial charge in [0.05, 0.1) is 5.56 Å². The summed E-state index contributed by atoms with van der Waals surface area (Å²) in [5.41, 5.74) is -0.665. The van der Waals surface area contributed by atoms with Crippen molar-refractivity contribution >= 4 is 21.7 Å². The average Bonchev–Trinajstić information content (AvgIpc) is 2.26. The van der Waals surface area contributed by atoms with Gasteiger partial charge in [-0.3, -0.25) is 0 Å². The van der Waals surface area contributed by atoms with Gasteiger partial charge in [-0.2, -0.15) is 13.2 Å². The molecule has 0 aliphatic heterocycles. The molecule has 1 aliphatic carbocycles. The van der Waals surface area contributed by atoms with E-state index in [1.54, 1.807) is 11.9 Å². The molecule has 1 aliphatic rings. The van der Waals surface area contributed by atoms with Crippen LogP contribution in [0.4, 0.5) is 19.0 Å². The van der Waals surface area contributed by atoms with Gasteiger partial charge in [-0.25, -0.2) is 4.98 Å². The number of hydrogen-bond donors (Lipinski definition) is 0. The quantitative estimate of drug-likeness (QED) is 0.789. The Morgan fingerprint density at radius 2 is 2.11 bits per heavy atom. The molecule has 2 nitrogen and oxygen atoms in total. The van der Waals surface area contributed by atoms with Crippen LogP contribution < -0.4 is 4.90 Å². The second kappa shape index (κ2) is 5.07. The number of anilines is 1. The van der Waals surface area contributed by atoms with Crippen LogP contribution in [0.15, 0.2) is 18.3 Å². The highest BCUT2D eigenvalue weighted by Crippen LogP contribution is 2.37. The summed E-state index contributed by atoms with van der Waals surface area (Å²) in [4.78, 5) is 5.99. The van der Waals surface area contributed by atoms with Crippen molar-refractivity contribution in [2.75, 3.05) is 18.5 Å². The van der Waals surface area contributed by atoms with Crippen LogP contribution in [-0.2, 0) is 6.18 Å². The topological polar surface area (TPSA) is 16.1 Å². The van der Waals surface area contributed by atoms with Crippen molar-refractivity contribution in [2.45, 2.75) is 23.8 Å². The van der Waals surface area contributed by atoms with Crippen LogP contribution in [0.5, 0.6) is 0 Å². The molecule has 0 radical (unpaired) electrons. The van der Waals surface area contributed by atoms with E-state index >= 15 is 0 Å². The van der Waals surface area contributed by atoms with E-state index < -0.39 is 11.7 Å². The summed E-state index contributed by atoms with van der Waals surface area (Å²) < 4.78 is 38.5. The van der Waals surface area contributed by atoms with Crippen molar-refractivity contribution in [3.63, 3.8) is 0 Å². The van der Waals surface area contributed by atoms with E-state index in [0.29, 0.717) is 17.3 Å². The summed E-state index contributed by atoms with van der Waals surface area (Å²) in [5.74, 6) is 0.463. The average molecular weight is 323 g/mol. The highest BCUT2D eigenvalue weighted by molar-refractivity contribution is 9.09. The molecule has 1 saturated carbocycles. The fourth-order valence-corrected chi connectivity index (χ4v) is 3.26. The number of hydrogen-bond acceptors (Lipinski definition) is 2. The Kier molecular flexibility index (Phi) is 3.84. The fourth-order valence-electron chi connectivity index (χ4n) is 2.20. The van der Waals surface area contributed by atoms with Crippen LogP contribution in [-0.4, -0.2) is 23.4 Å². The summed E-state index contributed by atoms with van der Waals surface area (Å²) in [6, 6.07) is 2.39. The standard InChI is InChI=1S/C12H14BrF3N2/c1-18(7-8-5-9(13)6-8)11-10(12(14,15)16)3-2-4-17-11/h2-4,8-9H,5-7H2,1H3. The Labute approximate surface area is 112 Å². The zero-order valence-electron chi connectivity index (χ0n) is 9.91. The van der Waals surface area contributed by atoms with Crippen molar-refractivity contribution in [3.05, 3.63) is 23.9 Å². The summed E-state index contributed by atoms with van der Waals surface area (Å²) in [6.07, 6.45) is -0.929. The van der Waals surface area contributed by atoms with E-state index in [1.807, 2.05) is 0 Å². The largest absolute Gasteiger partial charge is 0.419 e. The molecule has 0 aromatic carbocycles. The van der Waals surface area contributed by atoms with Gasteiger partial charge in [0.1, 0.15) is 5.82 Å². The molecule has 1 aromatic rings. The maximum atomic E-state index is 12.8. The lowest BCUT2D eigenvalue weighted by Crippen LogP contribution is -2.35. The van der Waals surface area contributed by atoms with Crippen LogP contribution in [0.1, 0.15) is 18.4 Å². The van der Waals surface area contributed by atoms with Crippen LogP contribution in [0, 0.1) is 5.92 Å². The number of alkyl halides is 4. The third-order valence-electron chi connectivity index (χ3n) is 3.16. The van der Waals surface area contributed by atoms with E-state index in [4.69, 9.17) is 0 Å². The van der Waals surface area contributed by atoms with Crippen molar-refractivity contribution in [1.82, 2.24) is 4.98 Å². The van der Waals surface area contributed by atoms with Crippen LogP contribution in [0.25, 0.3) is 0 Å². The lowest BCUT2D eigenvalue weighted by molar-refractivity contribution is -0.137. The molecule has 6 heteroatoms. The molecule has 1 fully saturated rings. The van der Waals surface area contributed by atoms with Gasteiger partial charge in [0.25, 0.3) is 0 Å². The number of aromatic nitrogens is 1. The molecule has 0 unspecified atom stereocenters. The molecule has 18 heavy (non-hydrogen) atoms. The summed E-state index contributed by atoms with van der Waals surface area (Å²) in [5, 5.41) is 0. The third kappa shape index (κ3) is 2.96. The monoisotopic (exact) mass is 322 g/mol. The Morgan fingerprint density at radius 3 is 2.67 bits per heavy atom. The van der Waals surface area contributed by atoms with E-state index in [9.17, 15) is 13.2 Å². The minimum Gasteiger partial charge on any atom is -0.359 e. The van der Waals surface area contributed by atoms with Gasteiger partial charge < -0.3 is 4.90 Å². The SMILES string of the molecule is CN(CC1CC(Br)C1)c1ncccc1C(F)(F)F. The lowest BCUT2D eigenvalue weighted by atomic mass is 9.85. The molecular formula is C12H14BrF3N2. The number of pyridine rings is 1. The Bertz CT molecular complexity index is 416. The molecule has 0 bridgehead atoms. The molecule has 1 heterocycles. The first-order valence-corrected chi connectivity index (χ1v) is 6.67. The smallest absolute Gasteiger partial charge is 0.359 e. The van der Waals surface area contributed by atoms with Gasteiger partial charge in [-0.1, -0.05) is 15.9 Å². The van der Waals surface area contributed by atoms with Gasteiger partial charge in [-0.15, -0.1) is 0 Å². The molecule has 1 aromatic heterocycles. The van der Waals surface area contributed by atoms with E-state index in [2.05, 4.69) is 20.9 Å². The third-order valence-corrected chi connectivity index (χ3v) is 3.91. The Balaban J connectivity index is 2.12. The van der Waals surface area contributed by atoms with Gasteiger partial charge in [0, 0.05) is 24.6 Å². The number of rotatable bonds is 3. The molecule has 0 saturated heterocycles. The number of halogens is 4. The van der Waals surface area contributed by atoms with Crippen molar-refractivity contribution in [2.24, 2.45) is 5.92 Å². The summed E-state index contributed by atoms with van der Waals surface area (Å²) in [7, 11) is 1.67. The first-order chi connectivity index (χ1) is 8.38. The summed E-state index contributed by atoms with van der Waals surface area (Å²) in [6.45, 7) is 0.613. The molecule has 0 atom stereocenters. The van der Waals surface area contributed by atoms with Crippen molar-refractivity contribution in [1.29, 1.82) is 0 Å². The number of nitrogens with zero attached hydrogens (tertiary/aromatic N) is 2. The van der Waals surface area contributed by atoms with Crippen LogP contribution >= 0.6 is 15.9 Å². The summed E-state index contributed by atoms with van der Waals surface area (Å²) >= 11 is 3.48. The molecule has 0 amide bonds. The van der Waals surface area contributed by atoms with E-state index in [0.717, 1.165) is 18.9 Å². The highest BCUT2D eigenvalue weighted by atomic mass is 79.9. The van der Waals surface area contributed by atoms with E-state index in [-0.39, 0.29) is 5.82 Å². The molecule has 0 spiro atoms. The van der Waals surface area contributed by atoms with E-state index in [1.165, 1.54) is 12.3 Å². The normalized spacial score (nSPS) is 23.6. The van der Waals surface area contributed by atoms with Gasteiger partial charge >= 0.3 is 6.18 Å². The van der Waals surface area contributed by atoms with Crippen LogP contribution in [0.3, 0.4) is 0 Å². The van der Waals surface area contributed by atoms with Crippen LogP contribution in [0.2, 0.25) is 0 Å². The Hall–Kier alpha value is -0.780. The maximum Gasteiger partial charge on any atom is 0.419 e. The van der Waals surface area contributed by atoms with Gasteiger partial charge in [0.15, 0.2) is 0 Å². The van der Waals surface area contributed by atoms with Crippen molar-refractivity contribution in [3.8, 4) is 0 Å². The molecule has 0 N–H and O–H groups in total. The zero-order chi connectivity index (χ0) is 13.3.